The first kappa shape index (κ1) is 93.0. The molecule has 0 heterocycles. The number of carbonyl (C=O) groups is 1. The van der Waals surface area contributed by atoms with Gasteiger partial charge < -0.3 is 119 Å². The van der Waals surface area contributed by atoms with E-state index < -0.39 is 7.15 Å². The van der Waals surface area contributed by atoms with Crippen LogP contribution in [0.4, 0.5) is 0 Å². The van der Waals surface area contributed by atoms with Gasteiger partial charge in [-0.05, 0) is 0 Å². The van der Waals surface area contributed by atoms with Crippen molar-refractivity contribution < 1.29 is 142 Å². The van der Waals surface area contributed by atoms with E-state index in [9.17, 15) is 4.79 Å². The summed E-state index contributed by atoms with van der Waals surface area (Å²) >= 11 is 1.44. The molecule has 0 rings (SSSR count). The van der Waals surface area contributed by atoms with Crippen molar-refractivity contribution in [3.63, 3.8) is 0 Å². The summed E-state index contributed by atoms with van der Waals surface area (Å²) in [5, 5.41) is 2.80. The van der Waals surface area contributed by atoms with E-state index in [2.05, 4.69) is 5.32 Å². The van der Waals surface area contributed by atoms with Gasteiger partial charge in [-0.25, -0.2) is 0 Å². The number of rotatable bonds is 87. The van der Waals surface area contributed by atoms with Crippen LogP contribution in [0.15, 0.2) is 0 Å². The molecule has 0 atom stereocenters. The Balaban J connectivity index is 3.13. The minimum atomic E-state index is -2.64. The summed E-state index contributed by atoms with van der Waals surface area (Å²) in [6.07, 6.45) is 2.15. The Hall–Kier alpha value is -0.950. The molecule has 0 aromatic rings. The van der Waals surface area contributed by atoms with E-state index in [0.29, 0.717) is 363 Å². The van der Waals surface area contributed by atoms with Crippen LogP contribution in [0.2, 0.25) is 0 Å². The van der Waals surface area contributed by atoms with Gasteiger partial charge in [-0.3, -0.25) is 0 Å². The van der Waals surface area contributed by atoms with Crippen molar-refractivity contribution in [1.82, 2.24) is 5.32 Å². The summed E-state index contributed by atoms with van der Waals surface area (Å²) < 4.78 is 159. The zero-order valence-corrected chi connectivity index (χ0v) is 59.1. The second-order valence-corrected chi connectivity index (χ2v) is 24.0. The number of hydrogen-bond donors (Lipinski definition) is 2. The van der Waals surface area contributed by atoms with Crippen molar-refractivity contribution in [3.05, 3.63) is 0 Å². The van der Waals surface area contributed by atoms with Crippen molar-refractivity contribution in [1.29, 1.82) is 0 Å². The average molecular weight is 1420 g/mol. The van der Waals surface area contributed by atoms with Crippen LogP contribution in [-0.4, -0.2) is 390 Å². The molecule has 34 heteroatoms. The topological polar surface area (TPSA) is 323 Å². The van der Waals surface area contributed by atoms with Crippen LogP contribution < -0.4 is 11.1 Å². The molecule has 0 spiro atoms. The number of hydrogen-bond acceptors (Lipinski definition) is 32. The van der Waals surface area contributed by atoms with E-state index in [1.165, 1.54) is 11.4 Å². The molecule has 0 saturated heterocycles. The fraction of sp³-hybridized carbons (Fsp3) is 0.983. The summed E-state index contributed by atoms with van der Waals surface area (Å²) in [6, 6.07) is 0. The van der Waals surface area contributed by atoms with E-state index in [1.54, 1.807) is 14.2 Å². The van der Waals surface area contributed by atoms with Crippen molar-refractivity contribution in [2.75, 3.05) is 384 Å². The van der Waals surface area contributed by atoms with Crippen molar-refractivity contribution in [3.8, 4) is 0 Å². The predicted molar refractivity (Wildman–Crippen MR) is 350 cm³/mol. The molecule has 0 saturated carbocycles. The van der Waals surface area contributed by atoms with Crippen LogP contribution in [0.1, 0.15) is 6.42 Å². The second-order valence-electron chi connectivity index (χ2n) is 18.8. The molecule has 566 valence electrons. The first-order chi connectivity index (χ1) is 46.6. The van der Waals surface area contributed by atoms with Gasteiger partial charge in [0.1, 0.15) is 0 Å². The Labute approximate surface area is 565 Å². The average Bonchev–Trinajstić information content (AvgIpc) is 1.81. The molecule has 0 unspecified atom stereocenters. The fourth-order valence-corrected chi connectivity index (χ4v) is 9.52. The van der Waals surface area contributed by atoms with Crippen molar-refractivity contribution >= 4 is 24.4 Å². The van der Waals surface area contributed by atoms with Gasteiger partial charge in [0.2, 0.25) is 0 Å². The Bertz CT molecular complexity index is 1410. The molecule has 32 nitrogen and oxygen atoms in total. The van der Waals surface area contributed by atoms with E-state index >= 15 is 0 Å². The van der Waals surface area contributed by atoms with Gasteiger partial charge in [0.05, 0.1) is 317 Å². The SMILES string of the molecule is CO[PH](OC)(OCCOCCOCCNC(=O)CCOCCOCCOCCOCCOCCOCCOCCOCCOCCOCCOCCOCCOCCOCCOCCOCCOCCOCCOCCOCCOCCOCCOCCOCCN)SC. The van der Waals surface area contributed by atoms with Crippen LogP contribution in [0.3, 0.4) is 0 Å². The van der Waals surface area contributed by atoms with Gasteiger partial charge in [0.25, 0.3) is 0 Å². The van der Waals surface area contributed by atoms with E-state index in [1.807, 2.05) is 6.26 Å². The molecule has 0 aliphatic rings. The number of nitrogens with two attached hydrogens (primary N) is 1. The summed E-state index contributed by atoms with van der Waals surface area (Å²) in [6.45, 7) is 25.9. The van der Waals surface area contributed by atoms with Crippen LogP contribution >= 0.6 is 18.5 Å². The summed E-state index contributed by atoms with van der Waals surface area (Å²) in [5.41, 5.74) is 5.35. The zero-order valence-electron chi connectivity index (χ0n) is 57.3. The van der Waals surface area contributed by atoms with Gasteiger partial charge in [0, 0.05) is 6.54 Å². The maximum absolute atomic E-state index is 12.0. The van der Waals surface area contributed by atoms with Crippen LogP contribution in [-0.2, 0) is 142 Å². The molecule has 0 aromatic carbocycles. The minimum absolute atomic E-state index is 0.102. The standard InChI is InChI=1S/C60H125N2O30PS/c1-64-93(65-2,94-3)92-59-58-91-15-12-68-9-6-62-60(63)4-7-66-10-13-69-16-18-71-20-22-73-24-26-75-28-30-77-32-34-79-36-38-81-40-42-83-44-46-85-48-50-87-52-54-89-56-57-90-55-53-88-51-49-86-47-45-84-43-41-82-39-37-80-35-33-78-31-29-76-27-25-74-23-21-72-19-17-70-14-11-67-8-5-61/h93H,4-59,61H2,1-3H3,(H,62,63). The second kappa shape index (κ2) is 84.5. The molecule has 0 aliphatic carbocycles. The monoisotopic (exact) mass is 1420 g/mol. The van der Waals surface area contributed by atoms with Crippen molar-refractivity contribution in [2.24, 2.45) is 5.73 Å². The Morgan fingerprint density at radius 2 is 0.415 bits per heavy atom. The first-order valence-corrected chi connectivity index (χ1v) is 36.6. The van der Waals surface area contributed by atoms with E-state index in [4.69, 9.17) is 142 Å². The zero-order chi connectivity index (χ0) is 67.6. The van der Waals surface area contributed by atoms with Gasteiger partial charge in [-0.1, -0.05) is 0 Å². The maximum atomic E-state index is 12.0. The van der Waals surface area contributed by atoms with E-state index in [-0.39, 0.29) is 12.3 Å². The third-order valence-electron chi connectivity index (χ3n) is 11.5. The van der Waals surface area contributed by atoms with Gasteiger partial charge in [-0.15, -0.1) is 0 Å². The van der Waals surface area contributed by atoms with Gasteiger partial charge in [-0.2, -0.15) is 0 Å². The Morgan fingerprint density at radius 1 is 0.255 bits per heavy atom. The first-order valence-electron chi connectivity index (χ1n) is 32.9. The van der Waals surface area contributed by atoms with Crippen LogP contribution in [0.5, 0.6) is 0 Å². The quantitative estimate of drug-likeness (QED) is 0.0633. The van der Waals surface area contributed by atoms with Gasteiger partial charge >= 0.3 is 124 Å². The molecule has 3 N–H and O–H groups in total. The Morgan fingerprint density at radius 3 is 0.585 bits per heavy atom. The van der Waals surface area contributed by atoms with Crippen LogP contribution in [0, 0.1) is 0 Å². The molecule has 0 aromatic heterocycles. The summed E-state index contributed by atoms with van der Waals surface area (Å²) in [4.78, 5) is 12.0. The van der Waals surface area contributed by atoms with Crippen molar-refractivity contribution in [2.45, 2.75) is 6.42 Å². The number of nitrogens with one attached hydrogen (secondary N) is 1. The normalized spacial score (nSPS) is 12.1. The van der Waals surface area contributed by atoms with Gasteiger partial charge in [0.15, 0.2) is 0 Å². The molecule has 1 amide bonds. The molecule has 94 heavy (non-hydrogen) atoms. The Kier molecular flexibility index (Phi) is 83.6. The number of carbonyl (C=O) groups excluding carboxylic acids is 1. The molecule has 0 fully saturated rings. The molecular formula is C60H125N2O30PS. The third kappa shape index (κ3) is 78.4. The van der Waals surface area contributed by atoms with E-state index in [0.717, 1.165) is 0 Å². The summed E-state index contributed by atoms with van der Waals surface area (Å²) in [7, 11) is 0.507. The molecule has 0 bridgehead atoms. The molecular weight excluding hydrogens is 1290 g/mol. The number of ether oxygens (including phenoxy) is 26. The predicted octanol–water partition coefficient (Wildman–Crippen LogP) is 0.965. The molecule has 0 radical (unpaired) electrons. The molecule has 0 aliphatic heterocycles. The third-order valence-corrected chi connectivity index (χ3v) is 16.4. The van der Waals surface area contributed by atoms with Crippen LogP contribution in [0.25, 0.3) is 0 Å². The fourth-order valence-electron chi connectivity index (χ4n) is 6.73. The number of amides is 1. The summed E-state index contributed by atoms with van der Waals surface area (Å²) in [5.74, 6) is -0.102.